The molecule has 0 saturated heterocycles. The lowest BCUT2D eigenvalue weighted by atomic mass is 10.1. The van der Waals surface area contributed by atoms with Gasteiger partial charge < -0.3 is 10.4 Å². The first-order valence-corrected chi connectivity index (χ1v) is 5.57. The van der Waals surface area contributed by atoms with Gasteiger partial charge in [0, 0.05) is 16.0 Å². The van der Waals surface area contributed by atoms with E-state index in [1.54, 1.807) is 32.3 Å². The third-order valence-electron chi connectivity index (χ3n) is 1.86. The van der Waals surface area contributed by atoms with Crippen LogP contribution in [0, 0.1) is 3.57 Å². The Hall–Kier alpha value is -0.690. The van der Waals surface area contributed by atoms with Crippen molar-refractivity contribution in [3.63, 3.8) is 0 Å². The summed E-state index contributed by atoms with van der Waals surface area (Å²) in [4.78, 5) is 15.7. The van der Waals surface area contributed by atoms with Gasteiger partial charge in [-0.15, -0.1) is 0 Å². The standard InChI is InChI=1S/C10H13IN2O2/c1-10(2,6-14)13-9(15)7-3-4-12-5-8(7)11/h3-5,14H,6H2,1-2H3,(H,13,15). The van der Waals surface area contributed by atoms with Crippen LogP contribution in [0.4, 0.5) is 0 Å². The monoisotopic (exact) mass is 320 g/mol. The lowest BCUT2D eigenvalue weighted by molar-refractivity contribution is 0.0868. The Morgan fingerprint density at radius 3 is 2.87 bits per heavy atom. The number of hydrogen-bond donors (Lipinski definition) is 2. The molecule has 0 fully saturated rings. The van der Waals surface area contributed by atoms with Crippen LogP contribution in [-0.4, -0.2) is 28.1 Å². The van der Waals surface area contributed by atoms with Crippen molar-refractivity contribution in [2.75, 3.05) is 6.61 Å². The number of aliphatic hydroxyl groups excluding tert-OH is 1. The number of carbonyl (C=O) groups is 1. The predicted octanol–water partition coefficient (Wildman–Crippen LogP) is 1.19. The molecule has 1 aromatic rings. The summed E-state index contributed by atoms with van der Waals surface area (Å²) < 4.78 is 0.793. The molecular formula is C10H13IN2O2. The van der Waals surface area contributed by atoms with Gasteiger partial charge in [-0.1, -0.05) is 0 Å². The average Bonchev–Trinajstić information content (AvgIpc) is 2.17. The van der Waals surface area contributed by atoms with Crippen molar-refractivity contribution < 1.29 is 9.90 Å². The van der Waals surface area contributed by atoms with Gasteiger partial charge in [0.1, 0.15) is 0 Å². The highest BCUT2D eigenvalue weighted by molar-refractivity contribution is 14.1. The van der Waals surface area contributed by atoms with Crippen LogP contribution in [0.2, 0.25) is 0 Å². The van der Waals surface area contributed by atoms with E-state index in [2.05, 4.69) is 32.9 Å². The van der Waals surface area contributed by atoms with E-state index < -0.39 is 5.54 Å². The van der Waals surface area contributed by atoms with Gasteiger partial charge in [-0.3, -0.25) is 9.78 Å². The van der Waals surface area contributed by atoms with Crippen LogP contribution < -0.4 is 5.32 Å². The van der Waals surface area contributed by atoms with E-state index in [0.717, 1.165) is 3.57 Å². The van der Waals surface area contributed by atoms with Crippen LogP contribution in [0.15, 0.2) is 18.5 Å². The molecule has 0 aliphatic rings. The first kappa shape index (κ1) is 12.4. The maximum Gasteiger partial charge on any atom is 0.252 e. The van der Waals surface area contributed by atoms with E-state index in [4.69, 9.17) is 5.11 Å². The maximum atomic E-state index is 11.8. The Morgan fingerprint density at radius 1 is 1.67 bits per heavy atom. The van der Waals surface area contributed by atoms with Gasteiger partial charge in [0.15, 0.2) is 0 Å². The Morgan fingerprint density at radius 2 is 2.33 bits per heavy atom. The Bertz CT molecular complexity index is 366. The Labute approximate surface area is 102 Å². The number of halogens is 1. The van der Waals surface area contributed by atoms with Crippen molar-refractivity contribution in [1.82, 2.24) is 10.3 Å². The largest absolute Gasteiger partial charge is 0.394 e. The highest BCUT2D eigenvalue weighted by Gasteiger charge is 2.20. The van der Waals surface area contributed by atoms with Crippen LogP contribution >= 0.6 is 22.6 Å². The molecule has 4 nitrogen and oxygen atoms in total. The number of aliphatic hydroxyl groups is 1. The molecule has 0 aliphatic heterocycles. The SMILES string of the molecule is CC(C)(CO)NC(=O)c1ccncc1I. The summed E-state index contributed by atoms with van der Waals surface area (Å²) in [5.41, 5.74) is -0.0317. The topological polar surface area (TPSA) is 62.2 Å². The minimum atomic E-state index is -0.608. The molecule has 1 heterocycles. The number of hydrogen-bond acceptors (Lipinski definition) is 3. The summed E-state index contributed by atoms with van der Waals surface area (Å²) in [6, 6.07) is 1.66. The molecule has 2 N–H and O–H groups in total. The average molecular weight is 320 g/mol. The van der Waals surface area contributed by atoms with E-state index in [1.165, 1.54) is 0 Å². The Kier molecular flexibility index (Phi) is 4.04. The zero-order valence-corrected chi connectivity index (χ0v) is 10.8. The molecule has 82 valence electrons. The van der Waals surface area contributed by atoms with Crippen LogP contribution in [0.1, 0.15) is 24.2 Å². The number of aromatic nitrogens is 1. The molecule has 1 amide bonds. The zero-order chi connectivity index (χ0) is 11.5. The van der Waals surface area contributed by atoms with Crippen LogP contribution in [0.3, 0.4) is 0 Å². The minimum absolute atomic E-state index is 0.0968. The normalized spacial score (nSPS) is 11.2. The number of nitrogens with zero attached hydrogens (tertiary/aromatic N) is 1. The molecule has 0 spiro atoms. The summed E-state index contributed by atoms with van der Waals surface area (Å²) in [5, 5.41) is 11.8. The lowest BCUT2D eigenvalue weighted by Gasteiger charge is -2.23. The fourth-order valence-electron chi connectivity index (χ4n) is 0.974. The number of amides is 1. The van der Waals surface area contributed by atoms with Gasteiger partial charge in [-0.05, 0) is 42.5 Å². The van der Waals surface area contributed by atoms with E-state index in [9.17, 15) is 4.79 Å². The maximum absolute atomic E-state index is 11.8. The van der Waals surface area contributed by atoms with Crippen LogP contribution in [0.5, 0.6) is 0 Å². The number of pyridine rings is 1. The lowest BCUT2D eigenvalue weighted by Crippen LogP contribution is -2.46. The fraction of sp³-hybridized carbons (Fsp3) is 0.400. The van der Waals surface area contributed by atoms with E-state index in [-0.39, 0.29) is 12.5 Å². The van der Waals surface area contributed by atoms with Crippen molar-refractivity contribution in [1.29, 1.82) is 0 Å². The summed E-state index contributed by atoms with van der Waals surface area (Å²) >= 11 is 2.05. The molecule has 0 aliphatic carbocycles. The molecule has 0 saturated carbocycles. The van der Waals surface area contributed by atoms with Crippen LogP contribution in [-0.2, 0) is 0 Å². The smallest absolute Gasteiger partial charge is 0.252 e. The quantitative estimate of drug-likeness (QED) is 0.823. The van der Waals surface area contributed by atoms with Crippen molar-refractivity contribution >= 4 is 28.5 Å². The van der Waals surface area contributed by atoms with Crippen molar-refractivity contribution in [3.8, 4) is 0 Å². The second kappa shape index (κ2) is 4.89. The first-order valence-electron chi connectivity index (χ1n) is 4.49. The Balaban J connectivity index is 2.83. The van der Waals surface area contributed by atoms with Crippen molar-refractivity contribution in [2.45, 2.75) is 19.4 Å². The summed E-state index contributed by atoms with van der Waals surface area (Å²) in [5.74, 6) is -0.194. The fourth-order valence-corrected chi connectivity index (χ4v) is 1.56. The molecule has 0 atom stereocenters. The third kappa shape index (κ3) is 3.42. The highest BCUT2D eigenvalue weighted by Crippen LogP contribution is 2.11. The highest BCUT2D eigenvalue weighted by atomic mass is 127. The molecule has 0 bridgehead atoms. The van der Waals surface area contributed by atoms with Gasteiger partial charge in [0.05, 0.1) is 17.7 Å². The molecule has 1 aromatic heterocycles. The van der Waals surface area contributed by atoms with E-state index >= 15 is 0 Å². The summed E-state index contributed by atoms with van der Waals surface area (Å²) in [7, 11) is 0. The summed E-state index contributed by atoms with van der Waals surface area (Å²) in [6.45, 7) is 3.43. The van der Waals surface area contributed by atoms with Gasteiger partial charge in [0.2, 0.25) is 0 Å². The van der Waals surface area contributed by atoms with Crippen LogP contribution in [0.25, 0.3) is 0 Å². The van der Waals surface area contributed by atoms with Gasteiger partial charge in [0.25, 0.3) is 5.91 Å². The first-order chi connectivity index (χ1) is 6.96. The van der Waals surface area contributed by atoms with E-state index in [0.29, 0.717) is 5.56 Å². The molecule has 0 aromatic carbocycles. The van der Waals surface area contributed by atoms with Gasteiger partial charge >= 0.3 is 0 Å². The molecular weight excluding hydrogens is 307 g/mol. The molecule has 0 radical (unpaired) electrons. The van der Waals surface area contributed by atoms with Crippen molar-refractivity contribution in [3.05, 3.63) is 27.6 Å². The van der Waals surface area contributed by atoms with Gasteiger partial charge in [-0.25, -0.2) is 0 Å². The third-order valence-corrected chi connectivity index (χ3v) is 2.72. The second-order valence-corrected chi connectivity index (χ2v) is 5.01. The van der Waals surface area contributed by atoms with Gasteiger partial charge in [-0.2, -0.15) is 0 Å². The molecule has 5 heteroatoms. The zero-order valence-electron chi connectivity index (χ0n) is 8.62. The summed E-state index contributed by atoms with van der Waals surface area (Å²) in [6.07, 6.45) is 3.20. The number of carbonyl (C=O) groups excluding carboxylic acids is 1. The van der Waals surface area contributed by atoms with E-state index in [1.807, 2.05) is 0 Å². The molecule has 0 unspecified atom stereocenters. The predicted molar refractivity (Wildman–Crippen MR) is 65.6 cm³/mol. The second-order valence-electron chi connectivity index (χ2n) is 3.85. The number of rotatable bonds is 3. The molecule has 15 heavy (non-hydrogen) atoms. The van der Waals surface area contributed by atoms with Crippen molar-refractivity contribution in [2.24, 2.45) is 0 Å². The molecule has 1 rings (SSSR count). The number of nitrogens with one attached hydrogen (secondary N) is 1. The minimum Gasteiger partial charge on any atom is -0.394 e.